The van der Waals surface area contributed by atoms with Gasteiger partial charge in [-0.25, -0.2) is 9.97 Å². The Bertz CT molecular complexity index is 1090. The number of hydrogen-bond donors (Lipinski definition) is 1. The summed E-state index contributed by atoms with van der Waals surface area (Å²) in [7, 11) is 0. The number of rotatable bonds is 4. The zero-order chi connectivity index (χ0) is 18.1. The monoisotopic (exact) mass is 377 g/mol. The van der Waals surface area contributed by atoms with E-state index in [1.54, 1.807) is 12.1 Å². The fourth-order valence-electron chi connectivity index (χ4n) is 2.74. The summed E-state index contributed by atoms with van der Waals surface area (Å²) in [5.41, 5.74) is 8.36. The Hall–Kier alpha value is -2.70. The highest BCUT2D eigenvalue weighted by Gasteiger charge is 2.22. The first kappa shape index (κ1) is 16.8. The molecule has 6 heteroatoms. The van der Waals surface area contributed by atoms with Crippen LogP contribution in [0.1, 0.15) is 15.2 Å². The maximum Gasteiger partial charge on any atom is 0.205 e. The molecule has 4 rings (SSSR count). The minimum absolute atomic E-state index is 0.0839. The largest absolute Gasteiger partial charge is 0.397 e. The summed E-state index contributed by atoms with van der Waals surface area (Å²) < 4.78 is 0. The molecule has 128 valence electrons. The van der Waals surface area contributed by atoms with Crippen molar-refractivity contribution in [3.63, 3.8) is 0 Å². The molecule has 0 spiro atoms. The van der Waals surface area contributed by atoms with Crippen LogP contribution >= 0.6 is 23.1 Å². The smallest absolute Gasteiger partial charge is 0.205 e. The maximum absolute atomic E-state index is 12.9. The molecule has 0 atom stereocenters. The number of nitrogens with two attached hydrogens (primary N) is 1. The highest BCUT2D eigenvalue weighted by molar-refractivity contribution is 7.98. The number of ketones is 1. The zero-order valence-electron chi connectivity index (χ0n) is 14.0. The van der Waals surface area contributed by atoms with Crippen LogP contribution in [-0.4, -0.2) is 22.0 Å². The molecule has 26 heavy (non-hydrogen) atoms. The van der Waals surface area contributed by atoms with Crippen molar-refractivity contribution in [3.05, 3.63) is 71.1 Å². The van der Waals surface area contributed by atoms with Crippen molar-refractivity contribution in [2.24, 2.45) is 0 Å². The summed E-state index contributed by atoms with van der Waals surface area (Å²) in [6, 6.07) is 19.0. The van der Waals surface area contributed by atoms with Gasteiger partial charge < -0.3 is 5.73 Å². The van der Waals surface area contributed by atoms with E-state index in [1.165, 1.54) is 23.1 Å². The minimum Gasteiger partial charge on any atom is -0.397 e. The van der Waals surface area contributed by atoms with E-state index in [-0.39, 0.29) is 5.78 Å². The molecular formula is C20H15N3OS2. The fourth-order valence-corrected chi connectivity index (χ4v) is 4.45. The van der Waals surface area contributed by atoms with Crippen LogP contribution < -0.4 is 5.73 Å². The van der Waals surface area contributed by atoms with Gasteiger partial charge in [-0.3, -0.25) is 4.79 Å². The van der Waals surface area contributed by atoms with Crippen LogP contribution in [0.2, 0.25) is 0 Å². The quantitative estimate of drug-likeness (QED) is 0.311. The zero-order valence-corrected chi connectivity index (χ0v) is 15.6. The lowest BCUT2D eigenvalue weighted by atomic mass is 10.1. The Labute approximate surface area is 159 Å². The molecule has 0 bridgehead atoms. The molecule has 0 unspecified atom stereocenters. The summed E-state index contributed by atoms with van der Waals surface area (Å²) in [5, 5.41) is 1.55. The van der Waals surface area contributed by atoms with Crippen molar-refractivity contribution < 1.29 is 4.79 Å². The van der Waals surface area contributed by atoms with Gasteiger partial charge in [0, 0.05) is 11.1 Å². The Morgan fingerprint density at radius 1 is 1.00 bits per heavy atom. The summed E-state index contributed by atoms with van der Waals surface area (Å²) >= 11 is 2.83. The molecule has 0 aliphatic rings. The van der Waals surface area contributed by atoms with Gasteiger partial charge in [-0.15, -0.1) is 23.1 Å². The molecule has 2 aromatic carbocycles. The third kappa shape index (κ3) is 2.87. The average Bonchev–Trinajstić information content (AvgIpc) is 3.04. The van der Waals surface area contributed by atoms with Crippen LogP contribution in [-0.2, 0) is 0 Å². The van der Waals surface area contributed by atoms with E-state index < -0.39 is 0 Å². The standard InChI is InChI=1S/C20H15N3OS2/c1-25-19-14-15(21)17(16(24)12-8-4-2-5-9-12)26-20(14)23-18(22-19)13-10-6-3-7-11-13/h2-11H,21H2,1H3. The van der Waals surface area contributed by atoms with E-state index in [2.05, 4.69) is 9.97 Å². The summed E-state index contributed by atoms with van der Waals surface area (Å²) in [4.78, 5) is 23.5. The maximum atomic E-state index is 12.9. The lowest BCUT2D eigenvalue weighted by Gasteiger charge is -2.04. The number of hydrogen-bond acceptors (Lipinski definition) is 6. The first-order valence-corrected chi connectivity index (χ1v) is 10.0. The molecule has 4 nitrogen and oxygen atoms in total. The van der Waals surface area contributed by atoms with Crippen molar-refractivity contribution >= 4 is 44.8 Å². The molecule has 0 amide bonds. The first-order chi connectivity index (χ1) is 12.7. The Morgan fingerprint density at radius 3 is 2.31 bits per heavy atom. The molecular weight excluding hydrogens is 362 g/mol. The number of nitrogens with zero attached hydrogens (tertiary/aromatic N) is 2. The third-order valence-corrected chi connectivity index (χ3v) is 5.80. The van der Waals surface area contributed by atoms with Gasteiger partial charge in [-0.1, -0.05) is 60.7 Å². The van der Waals surface area contributed by atoms with Crippen LogP contribution in [0.4, 0.5) is 5.69 Å². The van der Waals surface area contributed by atoms with E-state index in [4.69, 9.17) is 5.73 Å². The van der Waals surface area contributed by atoms with Gasteiger partial charge in [-0.05, 0) is 6.26 Å². The van der Waals surface area contributed by atoms with Gasteiger partial charge in [0.1, 0.15) is 14.7 Å². The highest BCUT2D eigenvalue weighted by Crippen LogP contribution is 2.39. The van der Waals surface area contributed by atoms with E-state index in [0.29, 0.717) is 22.0 Å². The second-order valence-electron chi connectivity index (χ2n) is 5.64. The Balaban J connectivity index is 1.90. The number of carbonyl (C=O) groups excluding carboxylic acids is 1. The van der Waals surface area contributed by atoms with Crippen molar-refractivity contribution in [1.82, 2.24) is 9.97 Å². The van der Waals surface area contributed by atoms with Crippen LogP contribution in [0.3, 0.4) is 0 Å². The number of thiophene rings is 1. The number of carbonyl (C=O) groups is 1. The SMILES string of the molecule is CSc1nc(-c2ccccc2)nc2sc(C(=O)c3ccccc3)c(N)c12. The molecule has 0 aliphatic carbocycles. The lowest BCUT2D eigenvalue weighted by molar-refractivity contribution is 0.104. The summed E-state index contributed by atoms with van der Waals surface area (Å²) in [6.07, 6.45) is 1.95. The van der Waals surface area contributed by atoms with Crippen molar-refractivity contribution in [2.45, 2.75) is 5.03 Å². The van der Waals surface area contributed by atoms with Gasteiger partial charge in [0.25, 0.3) is 0 Å². The summed E-state index contributed by atoms with van der Waals surface area (Å²) in [6.45, 7) is 0. The third-order valence-electron chi connectivity index (χ3n) is 4.02. The molecule has 0 fully saturated rings. The molecule has 0 aliphatic heterocycles. The van der Waals surface area contributed by atoms with E-state index in [1.807, 2.05) is 54.8 Å². The van der Waals surface area contributed by atoms with Gasteiger partial charge in [0.2, 0.25) is 5.78 Å². The number of thioether (sulfide) groups is 1. The van der Waals surface area contributed by atoms with Crippen LogP contribution in [0.25, 0.3) is 21.6 Å². The number of aromatic nitrogens is 2. The Morgan fingerprint density at radius 2 is 1.65 bits per heavy atom. The molecule has 0 saturated carbocycles. The van der Waals surface area contributed by atoms with Crippen LogP contribution in [0.5, 0.6) is 0 Å². The molecule has 2 N–H and O–H groups in total. The highest BCUT2D eigenvalue weighted by atomic mass is 32.2. The van der Waals surface area contributed by atoms with Crippen molar-refractivity contribution in [3.8, 4) is 11.4 Å². The minimum atomic E-state index is -0.0839. The molecule has 0 saturated heterocycles. The van der Waals surface area contributed by atoms with E-state index in [0.717, 1.165) is 20.8 Å². The lowest BCUT2D eigenvalue weighted by Crippen LogP contribution is -2.02. The normalized spacial score (nSPS) is 11.0. The number of nitrogen functional groups attached to an aromatic ring is 1. The van der Waals surface area contributed by atoms with Gasteiger partial charge in [-0.2, -0.15) is 0 Å². The van der Waals surface area contributed by atoms with Crippen molar-refractivity contribution in [1.29, 1.82) is 0 Å². The first-order valence-electron chi connectivity index (χ1n) is 7.98. The predicted octanol–water partition coefficient (Wildman–Crippen LogP) is 4.89. The van der Waals surface area contributed by atoms with Crippen LogP contribution in [0.15, 0.2) is 65.7 Å². The predicted molar refractivity (Wildman–Crippen MR) is 109 cm³/mol. The van der Waals surface area contributed by atoms with Gasteiger partial charge in [0.05, 0.1) is 11.1 Å². The number of anilines is 1. The van der Waals surface area contributed by atoms with Gasteiger partial charge in [0.15, 0.2) is 5.82 Å². The number of fused-ring (bicyclic) bond motifs is 1. The fraction of sp³-hybridized carbons (Fsp3) is 0.0500. The number of benzene rings is 2. The second kappa shape index (κ2) is 6.90. The van der Waals surface area contributed by atoms with E-state index in [9.17, 15) is 4.79 Å². The molecule has 0 radical (unpaired) electrons. The Kier molecular flexibility index (Phi) is 4.44. The van der Waals surface area contributed by atoms with Crippen molar-refractivity contribution in [2.75, 3.05) is 12.0 Å². The second-order valence-corrected chi connectivity index (χ2v) is 7.44. The van der Waals surface area contributed by atoms with Gasteiger partial charge >= 0.3 is 0 Å². The summed E-state index contributed by atoms with van der Waals surface area (Å²) in [5.74, 6) is 0.557. The molecule has 2 aromatic heterocycles. The van der Waals surface area contributed by atoms with Crippen LogP contribution in [0, 0.1) is 0 Å². The van der Waals surface area contributed by atoms with E-state index >= 15 is 0 Å². The molecule has 2 heterocycles. The topological polar surface area (TPSA) is 68.9 Å². The molecule has 4 aromatic rings. The average molecular weight is 377 g/mol.